The van der Waals surface area contributed by atoms with Crippen LogP contribution in [0.3, 0.4) is 0 Å². The lowest BCUT2D eigenvalue weighted by molar-refractivity contribution is -0.0485. The van der Waals surface area contributed by atoms with Gasteiger partial charge in [-0.3, -0.25) is 0 Å². The van der Waals surface area contributed by atoms with Gasteiger partial charge in [-0.15, -0.1) is 0 Å². The molecule has 2 N–H and O–H groups in total. The topological polar surface area (TPSA) is 102 Å². The van der Waals surface area contributed by atoms with Crippen LogP contribution >= 0.6 is 0 Å². The number of aromatic nitrogens is 4. The van der Waals surface area contributed by atoms with Gasteiger partial charge in [0.05, 0.1) is 17.6 Å². The molecule has 0 radical (unpaired) electrons. The number of hydrogen-bond donors (Lipinski definition) is 2. The van der Waals surface area contributed by atoms with Crippen LogP contribution in [-0.4, -0.2) is 36.7 Å². The Hall–Kier alpha value is -4.04. The van der Waals surface area contributed by atoms with Crippen molar-refractivity contribution in [1.29, 1.82) is 0 Å². The second kappa shape index (κ2) is 10.0. The summed E-state index contributed by atoms with van der Waals surface area (Å²) in [7, 11) is 0. The summed E-state index contributed by atoms with van der Waals surface area (Å²) in [5, 5.41) is 14.7. The molecule has 0 bridgehead atoms. The summed E-state index contributed by atoms with van der Waals surface area (Å²) in [4.78, 5) is 26.0. The minimum Gasteiger partial charge on any atom is -0.459 e. The standard InChI is InChI=1S/C30H31N5O3/c1-20-15-23(33-29-31-14-11-26(34-29)21-7-8-21)17-24(16-20)35-18-27(32-19-35)30(37)12-9-25(10-13-30)38-28(36)22-5-3-2-4-6-22/h2-6,11,14-19,21,25,37H,7-10,12-13H2,1H3,(H,31,33,34)/t25-,30-. The first-order valence-corrected chi connectivity index (χ1v) is 13.2. The molecule has 0 unspecified atom stereocenters. The van der Waals surface area contributed by atoms with E-state index >= 15 is 0 Å². The normalized spacial score (nSPS) is 21.2. The van der Waals surface area contributed by atoms with Crippen molar-refractivity contribution in [2.45, 2.75) is 63.1 Å². The number of carbonyl (C=O) groups excluding carboxylic acids is 1. The number of hydrogen-bond acceptors (Lipinski definition) is 7. The third-order valence-corrected chi connectivity index (χ3v) is 7.39. The molecule has 4 aromatic rings. The number of imidazole rings is 1. The van der Waals surface area contributed by atoms with Gasteiger partial charge in [-0.1, -0.05) is 18.2 Å². The zero-order chi connectivity index (χ0) is 26.1. The van der Waals surface area contributed by atoms with Gasteiger partial charge in [0.15, 0.2) is 0 Å². The molecule has 2 heterocycles. The molecule has 8 heteroatoms. The molecule has 8 nitrogen and oxygen atoms in total. The number of nitrogens with one attached hydrogen (secondary N) is 1. The number of aliphatic hydroxyl groups is 1. The molecule has 2 aromatic carbocycles. The SMILES string of the molecule is Cc1cc(Nc2nccc(C3CC3)n2)cc(-n2cnc([C@]3(O)CC[C@H](OC(=O)c4ccccc4)CC3)c2)c1. The first-order valence-electron chi connectivity index (χ1n) is 13.2. The molecule has 0 saturated heterocycles. The fourth-order valence-corrected chi connectivity index (χ4v) is 5.09. The van der Waals surface area contributed by atoms with E-state index < -0.39 is 5.60 Å². The van der Waals surface area contributed by atoms with Crippen molar-refractivity contribution in [2.75, 3.05) is 5.32 Å². The van der Waals surface area contributed by atoms with E-state index in [-0.39, 0.29) is 12.1 Å². The minimum absolute atomic E-state index is 0.212. The molecule has 38 heavy (non-hydrogen) atoms. The first kappa shape index (κ1) is 24.3. The van der Waals surface area contributed by atoms with Crippen LogP contribution in [-0.2, 0) is 10.3 Å². The van der Waals surface area contributed by atoms with Gasteiger partial charge >= 0.3 is 5.97 Å². The number of aryl methyl sites for hydroxylation is 1. The second-order valence-corrected chi connectivity index (χ2v) is 10.4. The lowest BCUT2D eigenvalue weighted by Crippen LogP contribution is -2.35. The molecule has 0 amide bonds. The van der Waals surface area contributed by atoms with E-state index in [1.807, 2.05) is 48.0 Å². The van der Waals surface area contributed by atoms with E-state index in [1.54, 1.807) is 24.7 Å². The average molecular weight is 510 g/mol. The molecule has 2 aromatic heterocycles. The molecule has 2 aliphatic rings. The van der Waals surface area contributed by atoms with Crippen molar-refractivity contribution in [1.82, 2.24) is 19.5 Å². The van der Waals surface area contributed by atoms with Gasteiger partial charge in [0.25, 0.3) is 0 Å². The molecule has 194 valence electrons. The Balaban J connectivity index is 1.13. The fourth-order valence-electron chi connectivity index (χ4n) is 5.09. The maximum atomic E-state index is 12.4. The van der Waals surface area contributed by atoms with Gasteiger partial charge in [-0.05, 0) is 87.4 Å². The Labute approximate surface area is 221 Å². The molecular formula is C30H31N5O3. The Morgan fingerprint density at radius 2 is 1.84 bits per heavy atom. The maximum Gasteiger partial charge on any atom is 0.338 e. The van der Waals surface area contributed by atoms with Crippen molar-refractivity contribution in [3.05, 3.63) is 95.8 Å². The number of ether oxygens (including phenoxy) is 1. The highest BCUT2D eigenvalue weighted by Crippen LogP contribution is 2.39. The average Bonchev–Trinajstić information content (AvgIpc) is 3.66. The Morgan fingerprint density at radius 1 is 1.05 bits per heavy atom. The van der Waals surface area contributed by atoms with Crippen LogP contribution in [0.5, 0.6) is 0 Å². The smallest absolute Gasteiger partial charge is 0.338 e. The predicted octanol–water partition coefficient (Wildman–Crippen LogP) is 5.58. The van der Waals surface area contributed by atoms with Gasteiger partial charge in [0, 0.05) is 35.4 Å². The van der Waals surface area contributed by atoms with Crippen LogP contribution in [0.2, 0.25) is 0 Å². The van der Waals surface area contributed by atoms with Crippen LogP contribution in [0.15, 0.2) is 73.3 Å². The Kier molecular flexibility index (Phi) is 6.41. The summed E-state index contributed by atoms with van der Waals surface area (Å²) in [5.41, 5.74) is 4.11. The Bertz CT molecular complexity index is 1440. The van der Waals surface area contributed by atoms with Crippen molar-refractivity contribution < 1.29 is 14.6 Å². The van der Waals surface area contributed by atoms with Crippen molar-refractivity contribution in [3.8, 4) is 5.69 Å². The number of rotatable bonds is 7. The van der Waals surface area contributed by atoms with Crippen molar-refractivity contribution in [2.24, 2.45) is 0 Å². The molecule has 0 atom stereocenters. The zero-order valence-corrected chi connectivity index (χ0v) is 21.4. The third kappa shape index (κ3) is 5.31. The summed E-state index contributed by atoms with van der Waals surface area (Å²) in [6, 6.07) is 17.1. The largest absolute Gasteiger partial charge is 0.459 e. The number of benzene rings is 2. The van der Waals surface area contributed by atoms with E-state index in [4.69, 9.17) is 4.74 Å². The van der Waals surface area contributed by atoms with Gasteiger partial charge in [-0.2, -0.15) is 0 Å². The number of carbonyl (C=O) groups is 1. The lowest BCUT2D eigenvalue weighted by atomic mass is 9.81. The van der Waals surface area contributed by atoms with Crippen molar-refractivity contribution >= 4 is 17.6 Å². The maximum absolute atomic E-state index is 12.4. The number of esters is 1. The molecule has 2 saturated carbocycles. The highest BCUT2D eigenvalue weighted by molar-refractivity contribution is 5.89. The summed E-state index contributed by atoms with van der Waals surface area (Å²) < 4.78 is 7.61. The van der Waals surface area contributed by atoms with E-state index in [2.05, 4.69) is 32.4 Å². The zero-order valence-electron chi connectivity index (χ0n) is 21.4. The monoisotopic (exact) mass is 509 g/mol. The summed E-state index contributed by atoms with van der Waals surface area (Å²) in [6.07, 6.45) is 9.73. The van der Waals surface area contributed by atoms with Gasteiger partial charge in [-0.25, -0.2) is 19.7 Å². The van der Waals surface area contributed by atoms with Crippen LogP contribution < -0.4 is 5.32 Å². The van der Waals surface area contributed by atoms with Gasteiger partial charge in [0.2, 0.25) is 5.95 Å². The van der Waals surface area contributed by atoms with Crippen LogP contribution in [0.4, 0.5) is 11.6 Å². The van der Waals surface area contributed by atoms with Gasteiger partial charge < -0.3 is 19.7 Å². The van der Waals surface area contributed by atoms with Crippen LogP contribution in [0.1, 0.15) is 71.8 Å². The highest BCUT2D eigenvalue weighted by atomic mass is 16.5. The summed E-state index contributed by atoms with van der Waals surface area (Å²) in [6.45, 7) is 2.04. The molecule has 0 spiro atoms. The Morgan fingerprint density at radius 3 is 2.61 bits per heavy atom. The van der Waals surface area contributed by atoms with E-state index in [9.17, 15) is 9.90 Å². The highest BCUT2D eigenvalue weighted by Gasteiger charge is 2.38. The van der Waals surface area contributed by atoms with E-state index in [0.717, 1.165) is 22.6 Å². The fraction of sp³-hybridized carbons (Fsp3) is 0.333. The summed E-state index contributed by atoms with van der Waals surface area (Å²) >= 11 is 0. The van der Waals surface area contributed by atoms with Crippen LogP contribution in [0.25, 0.3) is 5.69 Å². The number of anilines is 2. The second-order valence-electron chi connectivity index (χ2n) is 10.4. The molecule has 2 aliphatic carbocycles. The first-order chi connectivity index (χ1) is 18.4. The predicted molar refractivity (Wildman–Crippen MR) is 144 cm³/mol. The lowest BCUT2D eigenvalue weighted by Gasteiger charge is -2.34. The summed E-state index contributed by atoms with van der Waals surface area (Å²) in [5.74, 6) is 0.836. The molecule has 6 rings (SSSR count). The molecule has 2 fully saturated rings. The quantitative estimate of drug-likeness (QED) is 0.314. The number of nitrogens with zero attached hydrogens (tertiary/aromatic N) is 4. The van der Waals surface area contributed by atoms with Crippen LogP contribution in [0, 0.1) is 6.92 Å². The van der Waals surface area contributed by atoms with Gasteiger partial charge in [0.1, 0.15) is 11.7 Å². The molecule has 0 aliphatic heterocycles. The van der Waals surface area contributed by atoms with E-state index in [0.29, 0.717) is 48.8 Å². The third-order valence-electron chi connectivity index (χ3n) is 7.39. The van der Waals surface area contributed by atoms with E-state index in [1.165, 1.54) is 12.8 Å². The van der Waals surface area contributed by atoms with Crippen molar-refractivity contribution in [3.63, 3.8) is 0 Å². The molecular weight excluding hydrogens is 478 g/mol. The minimum atomic E-state index is -1.05.